The molecule has 2 heterocycles. The van der Waals surface area contributed by atoms with E-state index >= 15 is 0 Å². The van der Waals surface area contributed by atoms with Crippen LogP contribution in [0.3, 0.4) is 0 Å². The molecule has 0 spiro atoms. The molecular formula is C14H27N3O. The molecule has 0 aromatic heterocycles. The summed E-state index contributed by atoms with van der Waals surface area (Å²) in [4.78, 5) is 16.7. The van der Waals surface area contributed by atoms with Crippen LogP contribution in [0.1, 0.15) is 32.6 Å². The third kappa shape index (κ3) is 3.23. The predicted octanol–water partition coefficient (Wildman–Crippen LogP) is 0.927. The van der Waals surface area contributed by atoms with E-state index in [-0.39, 0.29) is 11.9 Å². The zero-order chi connectivity index (χ0) is 13.1. The number of carbonyl (C=O) groups is 1. The maximum absolute atomic E-state index is 12.4. The lowest BCUT2D eigenvalue weighted by Crippen LogP contribution is -2.51. The number of hydrogen-bond acceptors (Lipinski definition) is 3. The Labute approximate surface area is 111 Å². The fourth-order valence-electron chi connectivity index (χ4n) is 3.18. The summed E-state index contributed by atoms with van der Waals surface area (Å²) in [5, 5.41) is 3.36. The van der Waals surface area contributed by atoms with Gasteiger partial charge in [0.25, 0.3) is 0 Å². The lowest BCUT2D eigenvalue weighted by molar-refractivity contribution is -0.133. The summed E-state index contributed by atoms with van der Waals surface area (Å²) in [6.07, 6.45) is 4.67. The van der Waals surface area contributed by atoms with Crippen LogP contribution in [0.25, 0.3) is 0 Å². The number of piperidine rings is 1. The van der Waals surface area contributed by atoms with Crippen molar-refractivity contribution in [3.63, 3.8) is 0 Å². The highest BCUT2D eigenvalue weighted by Gasteiger charge is 2.29. The molecule has 2 fully saturated rings. The van der Waals surface area contributed by atoms with Gasteiger partial charge in [0.2, 0.25) is 5.91 Å². The van der Waals surface area contributed by atoms with Crippen LogP contribution in [0.2, 0.25) is 0 Å². The van der Waals surface area contributed by atoms with Gasteiger partial charge in [0.15, 0.2) is 0 Å². The first-order valence-corrected chi connectivity index (χ1v) is 7.26. The average Bonchev–Trinajstić information content (AvgIpc) is 2.74. The van der Waals surface area contributed by atoms with Crippen LogP contribution in [0, 0.1) is 5.92 Å². The molecule has 2 aliphatic heterocycles. The normalized spacial score (nSPS) is 33.6. The maximum Gasteiger partial charge on any atom is 0.239 e. The van der Waals surface area contributed by atoms with Crippen LogP contribution < -0.4 is 5.32 Å². The van der Waals surface area contributed by atoms with Gasteiger partial charge in [-0.15, -0.1) is 0 Å². The van der Waals surface area contributed by atoms with Gasteiger partial charge >= 0.3 is 0 Å². The van der Waals surface area contributed by atoms with E-state index in [1.807, 2.05) is 11.9 Å². The topological polar surface area (TPSA) is 35.6 Å². The summed E-state index contributed by atoms with van der Waals surface area (Å²) in [7, 11) is 4.12. The number of likely N-dealkylation sites (tertiary alicyclic amines) is 1. The summed E-state index contributed by atoms with van der Waals surface area (Å²) in [5.74, 6) is 0.949. The van der Waals surface area contributed by atoms with E-state index in [1.165, 1.54) is 25.8 Å². The molecule has 1 amide bonds. The molecule has 18 heavy (non-hydrogen) atoms. The SMILES string of the molecule is CC1CCNC(C(=O)N(C)CC2CCCN2C)C1. The molecule has 0 bridgehead atoms. The molecule has 2 rings (SSSR count). The molecule has 3 atom stereocenters. The molecule has 2 aliphatic rings. The molecule has 104 valence electrons. The van der Waals surface area contributed by atoms with Crippen molar-refractivity contribution >= 4 is 5.91 Å². The first-order valence-electron chi connectivity index (χ1n) is 7.26. The van der Waals surface area contributed by atoms with Gasteiger partial charge in [0.05, 0.1) is 6.04 Å². The second-order valence-corrected chi connectivity index (χ2v) is 6.13. The number of carbonyl (C=O) groups excluding carboxylic acids is 1. The number of nitrogens with one attached hydrogen (secondary N) is 1. The summed E-state index contributed by atoms with van der Waals surface area (Å²) < 4.78 is 0. The lowest BCUT2D eigenvalue weighted by atomic mass is 9.93. The molecule has 0 radical (unpaired) electrons. The Morgan fingerprint density at radius 1 is 1.44 bits per heavy atom. The number of amides is 1. The Hall–Kier alpha value is -0.610. The molecular weight excluding hydrogens is 226 g/mol. The summed E-state index contributed by atoms with van der Waals surface area (Å²) in [5.41, 5.74) is 0. The van der Waals surface area contributed by atoms with Gasteiger partial charge in [0.1, 0.15) is 0 Å². The minimum absolute atomic E-state index is 0.0467. The van der Waals surface area contributed by atoms with Crippen molar-refractivity contribution < 1.29 is 4.79 Å². The van der Waals surface area contributed by atoms with Crippen LogP contribution in [0.15, 0.2) is 0 Å². The molecule has 1 N–H and O–H groups in total. The van der Waals surface area contributed by atoms with Crippen LogP contribution in [0.4, 0.5) is 0 Å². The molecule has 4 heteroatoms. The Balaban J connectivity index is 1.84. The van der Waals surface area contributed by atoms with Crippen molar-refractivity contribution in [2.45, 2.75) is 44.7 Å². The van der Waals surface area contributed by atoms with Gasteiger partial charge in [-0.3, -0.25) is 4.79 Å². The van der Waals surface area contributed by atoms with Crippen molar-refractivity contribution in [2.24, 2.45) is 5.92 Å². The first-order chi connectivity index (χ1) is 8.58. The van der Waals surface area contributed by atoms with Crippen LogP contribution in [0.5, 0.6) is 0 Å². The second kappa shape index (κ2) is 6.02. The molecule has 0 saturated carbocycles. The van der Waals surface area contributed by atoms with E-state index in [9.17, 15) is 4.79 Å². The molecule has 0 aliphatic carbocycles. The van der Waals surface area contributed by atoms with E-state index in [2.05, 4.69) is 24.2 Å². The van der Waals surface area contributed by atoms with Crippen LogP contribution in [-0.2, 0) is 4.79 Å². The molecule has 2 saturated heterocycles. The van der Waals surface area contributed by atoms with Gasteiger partial charge in [-0.2, -0.15) is 0 Å². The number of nitrogens with zero attached hydrogens (tertiary/aromatic N) is 2. The minimum Gasteiger partial charge on any atom is -0.343 e. The molecule has 0 aromatic rings. The molecule has 3 unspecified atom stereocenters. The van der Waals surface area contributed by atoms with Gasteiger partial charge in [0, 0.05) is 19.6 Å². The van der Waals surface area contributed by atoms with Crippen molar-refractivity contribution in [3.05, 3.63) is 0 Å². The fraction of sp³-hybridized carbons (Fsp3) is 0.929. The number of hydrogen-bond donors (Lipinski definition) is 1. The highest BCUT2D eigenvalue weighted by molar-refractivity contribution is 5.81. The van der Waals surface area contributed by atoms with E-state index in [0.29, 0.717) is 12.0 Å². The third-order valence-electron chi connectivity index (χ3n) is 4.50. The van der Waals surface area contributed by atoms with Gasteiger partial charge < -0.3 is 15.1 Å². The summed E-state index contributed by atoms with van der Waals surface area (Å²) in [6, 6.07) is 0.602. The van der Waals surface area contributed by atoms with Crippen molar-refractivity contribution in [1.29, 1.82) is 0 Å². The molecule has 0 aromatic carbocycles. The molecule has 4 nitrogen and oxygen atoms in total. The van der Waals surface area contributed by atoms with E-state index < -0.39 is 0 Å². The van der Waals surface area contributed by atoms with E-state index in [1.54, 1.807) is 0 Å². The number of rotatable bonds is 3. The highest BCUT2D eigenvalue weighted by Crippen LogP contribution is 2.18. The minimum atomic E-state index is 0.0467. The van der Waals surface area contributed by atoms with Gasteiger partial charge in [-0.05, 0) is 51.7 Å². The third-order valence-corrected chi connectivity index (χ3v) is 4.50. The summed E-state index contributed by atoms with van der Waals surface area (Å²) in [6.45, 7) is 5.27. The summed E-state index contributed by atoms with van der Waals surface area (Å²) >= 11 is 0. The average molecular weight is 253 g/mol. The number of likely N-dealkylation sites (N-methyl/N-ethyl adjacent to an activating group) is 2. The maximum atomic E-state index is 12.4. The van der Waals surface area contributed by atoms with Crippen molar-refractivity contribution in [2.75, 3.05) is 33.7 Å². The quantitative estimate of drug-likeness (QED) is 0.812. The predicted molar refractivity (Wildman–Crippen MR) is 73.5 cm³/mol. The van der Waals surface area contributed by atoms with Gasteiger partial charge in [-0.25, -0.2) is 0 Å². The Morgan fingerprint density at radius 3 is 2.83 bits per heavy atom. The lowest BCUT2D eigenvalue weighted by Gasteiger charge is -2.32. The van der Waals surface area contributed by atoms with Crippen LogP contribution >= 0.6 is 0 Å². The zero-order valence-corrected chi connectivity index (χ0v) is 12.0. The standard InChI is InChI=1S/C14H27N3O/c1-11-6-7-15-13(9-11)14(18)17(3)10-12-5-4-8-16(12)2/h11-13,15H,4-10H2,1-3H3. The van der Waals surface area contributed by atoms with Crippen LogP contribution in [-0.4, -0.2) is 61.5 Å². The second-order valence-electron chi connectivity index (χ2n) is 6.13. The monoisotopic (exact) mass is 253 g/mol. The zero-order valence-electron chi connectivity index (χ0n) is 12.0. The largest absolute Gasteiger partial charge is 0.343 e. The van der Waals surface area contributed by atoms with Gasteiger partial charge in [-0.1, -0.05) is 6.92 Å². The highest BCUT2D eigenvalue weighted by atomic mass is 16.2. The Morgan fingerprint density at radius 2 is 2.22 bits per heavy atom. The first kappa shape index (κ1) is 13.8. The smallest absolute Gasteiger partial charge is 0.239 e. The van der Waals surface area contributed by atoms with E-state index in [4.69, 9.17) is 0 Å². The van der Waals surface area contributed by atoms with E-state index in [0.717, 1.165) is 19.5 Å². The van der Waals surface area contributed by atoms with Crippen molar-refractivity contribution in [1.82, 2.24) is 15.1 Å². The Bertz CT molecular complexity index is 295. The Kier molecular flexibility index (Phi) is 4.62. The fourth-order valence-corrected chi connectivity index (χ4v) is 3.18. The van der Waals surface area contributed by atoms with Crippen molar-refractivity contribution in [3.8, 4) is 0 Å².